The van der Waals surface area contributed by atoms with Crippen LogP contribution < -0.4 is 14.2 Å². The highest BCUT2D eigenvalue weighted by Crippen LogP contribution is 2.38. The Hall–Kier alpha value is -6.12. The molecule has 3 fully saturated rings. The molecule has 6 heterocycles. The van der Waals surface area contributed by atoms with E-state index in [4.69, 9.17) is 13.6 Å². The van der Waals surface area contributed by atoms with Gasteiger partial charge in [-0.2, -0.15) is 0 Å². The lowest BCUT2D eigenvalue weighted by Crippen LogP contribution is -2.32. The van der Waals surface area contributed by atoms with Gasteiger partial charge >= 0.3 is 0 Å². The summed E-state index contributed by atoms with van der Waals surface area (Å²) in [6.07, 6.45) is 15.5. The van der Waals surface area contributed by atoms with Crippen LogP contribution in [0, 0.1) is 41.5 Å². The monoisotopic (exact) mass is 1270 g/mol. The summed E-state index contributed by atoms with van der Waals surface area (Å²) < 4.78 is 139. The number of rotatable bonds is 15. The van der Waals surface area contributed by atoms with Crippen LogP contribution in [0.4, 0.5) is 0 Å². The second-order valence-electron chi connectivity index (χ2n) is 21.6. The van der Waals surface area contributed by atoms with Crippen LogP contribution in [-0.4, -0.2) is 120 Å². The molecule has 24 nitrogen and oxygen atoms in total. The van der Waals surface area contributed by atoms with Crippen LogP contribution in [0.3, 0.4) is 0 Å². The maximum Gasteiger partial charge on any atom is 0.243 e. The third kappa shape index (κ3) is 12.7. The zero-order valence-electron chi connectivity index (χ0n) is 47.7. The van der Waals surface area contributed by atoms with Gasteiger partial charge in [-0.05, 0) is 139 Å². The summed E-state index contributed by atoms with van der Waals surface area (Å²) in [5.74, 6) is 1.79. The Bertz CT molecular complexity index is 4410. The third-order valence-corrected chi connectivity index (χ3v) is 22.1. The van der Waals surface area contributed by atoms with E-state index in [0.29, 0.717) is 72.6 Å². The van der Waals surface area contributed by atoms with E-state index in [1.165, 1.54) is 24.1 Å². The van der Waals surface area contributed by atoms with Crippen LogP contribution in [0.1, 0.15) is 111 Å². The van der Waals surface area contributed by atoms with Gasteiger partial charge in [-0.3, -0.25) is 4.21 Å². The van der Waals surface area contributed by atoms with E-state index in [1.807, 2.05) is 26.2 Å². The van der Waals surface area contributed by atoms with E-state index in [-0.39, 0.29) is 54.2 Å². The number of sulfonamides is 3. The van der Waals surface area contributed by atoms with Crippen molar-refractivity contribution in [2.45, 2.75) is 167 Å². The fourth-order valence-corrected chi connectivity index (χ4v) is 17.2. The predicted molar refractivity (Wildman–Crippen MR) is 318 cm³/mol. The number of imidazole rings is 3. The van der Waals surface area contributed by atoms with Crippen molar-refractivity contribution >= 4 is 95.6 Å². The first kappa shape index (κ1) is 61.0. The molecule has 3 aromatic carbocycles. The smallest absolute Gasteiger partial charge is 0.243 e. The second kappa shape index (κ2) is 24.0. The zero-order chi connectivity index (χ0) is 60.2. The van der Waals surface area contributed by atoms with E-state index in [0.717, 1.165) is 106 Å². The van der Waals surface area contributed by atoms with Gasteiger partial charge < -0.3 is 28.5 Å². The molecule has 9 aromatic rings. The molecule has 1 atom stereocenters. The number of aryl methyl sites for hydroxylation is 6. The van der Waals surface area contributed by atoms with Crippen molar-refractivity contribution in [2.75, 3.05) is 18.8 Å². The van der Waals surface area contributed by atoms with Gasteiger partial charge in [-0.25, -0.2) is 62.8 Å². The number of aromatic nitrogens is 9. The van der Waals surface area contributed by atoms with Gasteiger partial charge in [0.1, 0.15) is 48.5 Å². The fraction of sp³-hybridized carbons (Fsp3) is 0.444. The molecule has 1 unspecified atom stereocenters. The molecule has 6 N–H and O–H groups in total. The van der Waals surface area contributed by atoms with Crippen molar-refractivity contribution in [3.8, 4) is 33.4 Å². The quantitative estimate of drug-likeness (QED) is 0.0521. The molecular formula is C54H66N12O12S6. The number of nitrogens with zero attached hydrogens (tertiary/aromatic N) is 6. The summed E-state index contributed by atoms with van der Waals surface area (Å²) in [7, 11) is -16.4. The highest BCUT2D eigenvalue weighted by molar-refractivity contribution is 7.98. The number of benzene rings is 3. The molecule has 12 rings (SSSR count). The van der Waals surface area contributed by atoms with Crippen molar-refractivity contribution in [1.82, 2.24) is 59.5 Å². The van der Waals surface area contributed by atoms with Crippen molar-refractivity contribution in [3.63, 3.8) is 0 Å². The molecule has 0 amide bonds. The number of aromatic amines is 3. The SMILES string of the molecule is CSc1nc2c(S(=O)(=O)NC3CCCC3)cc(-c3c(C)noc3C)cc2[nH]1.Cc1noc(C)c1-c1cc(S(=O)(=O)NC2CCCC2)c2nc(S(C)(=O)=O)[nH]c2c1.Cc1noc(C)c1-c1cc(S(=O)(=O)NC2CCCC2)c2nc(S(C)=O)[nH]c2c1. The lowest BCUT2D eigenvalue weighted by atomic mass is 10.0. The summed E-state index contributed by atoms with van der Waals surface area (Å²) in [6.45, 7) is 10.8. The number of nitrogens with one attached hydrogen (secondary N) is 6. The highest BCUT2D eigenvalue weighted by Gasteiger charge is 2.32. The standard InChI is InChI=1S/C18H22N4O5S2.C18H22N4O4S2.C18H22N4O3S2/c1-10-16(11(2)27-21-10)12-8-14-17(20-18(19-14)28(3,23)24)15(9-12)29(25,26)22-13-6-4-5-7-13;1-10-16(11(2)26-21-10)12-8-14-17(20-18(19-14)27(3)23)15(9-12)28(24,25)22-13-6-4-5-7-13;1-10-16(11(2)25-21-10)12-8-14-17(20-18(19-14)26-3)15(9-12)27(23,24)22-13-6-4-5-7-13/h8-9,13,22H,4-7H2,1-3H3,(H,19,20);8-9,13,22H,4-7H2,1-3H3,(H,19,20);8-9,13,22H,4-7H2,1-3H3,(H,19,20). The predicted octanol–water partition coefficient (Wildman–Crippen LogP) is 9.03. The lowest BCUT2D eigenvalue weighted by molar-refractivity contribution is 0.393. The molecule has 0 spiro atoms. The van der Waals surface area contributed by atoms with E-state index in [9.17, 15) is 37.9 Å². The van der Waals surface area contributed by atoms with E-state index < -0.39 is 50.7 Å². The Balaban J connectivity index is 0.000000140. The second-order valence-corrected chi connectivity index (χ2v) is 30.6. The molecule has 3 saturated carbocycles. The number of hydrogen-bond acceptors (Lipinski definition) is 19. The first-order valence-corrected chi connectivity index (χ1v) is 36.4. The summed E-state index contributed by atoms with van der Waals surface area (Å²) in [6, 6.07) is 9.92. The maximum atomic E-state index is 13.2. The molecule has 450 valence electrons. The third-order valence-electron chi connectivity index (χ3n) is 15.3. The first-order chi connectivity index (χ1) is 39.7. The van der Waals surface area contributed by atoms with Crippen molar-refractivity contribution in [2.24, 2.45) is 0 Å². The van der Waals surface area contributed by atoms with E-state index in [1.54, 1.807) is 52.0 Å². The molecule has 0 radical (unpaired) electrons. The largest absolute Gasteiger partial charge is 0.361 e. The minimum atomic E-state index is -3.92. The van der Waals surface area contributed by atoms with Gasteiger partial charge in [0.2, 0.25) is 45.1 Å². The summed E-state index contributed by atoms with van der Waals surface area (Å²) in [5.41, 5.74) is 8.54. The average molecular weight is 1270 g/mol. The lowest BCUT2D eigenvalue weighted by Gasteiger charge is -2.14. The molecule has 0 bridgehead atoms. The first-order valence-electron chi connectivity index (χ1n) is 27.3. The van der Waals surface area contributed by atoms with E-state index >= 15 is 0 Å². The fourth-order valence-electron chi connectivity index (χ4n) is 11.3. The molecule has 30 heteroatoms. The number of hydrogen-bond donors (Lipinski definition) is 6. The molecule has 3 aliphatic rings. The van der Waals surface area contributed by atoms with Crippen molar-refractivity contribution in [1.29, 1.82) is 0 Å². The highest BCUT2D eigenvalue weighted by atomic mass is 32.2. The molecule has 0 aliphatic heterocycles. The Kier molecular flexibility index (Phi) is 17.4. The van der Waals surface area contributed by atoms with Crippen LogP contribution in [-0.2, 0) is 50.7 Å². The van der Waals surface area contributed by atoms with Crippen LogP contribution in [0.15, 0.2) is 80.1 Å². The van der Waals surface area contributed by atoms with Gasteiger partial charge in [0.15, 0.2) is 10.3 Å². The molecule has 6 aromatic heterocycles. The Morgan fingerprint density at radius 3 is 1.15 bits per heavy atom. The van der Waals surface area contributed by atoms with Crippen LogP contribution in [0.25, 0.3) is 66.5 Å². The normalized spacial score (nSPS) is 16.2. The van der Waals surface area contributed by atoms with Gasteiger partial charge in [0.25, 0.3) is 0 Å². The van der Waals surface area contributed by atoms with Gasteiger partial charge in [0, 0.05) is 47.3 Å². The van der Waals surface area contributed by atoms with Crippen molar-refractivity contribution < 1.29 is 51.4 Å². The number of sulfone groups is 1. The molecule has 3 aliphatic carbocycles. The summed E-state index contributed by atoms with van der Waals surface area (Å²) in [4.78, 5) is 22.0. The average Bonchev–Trinajstić information content (AvgIpc) is 2.86. The topological polar surface area (TPSA) is 354 Å². The minimum absolute atomic E-state index is 0.00765. The van der Waals surface area contributed by atoms with Gasteiger partial charge in [-0.15, -0.1) is 0 Å². The van der Waals surface area contributed by atoms with Crippen LogP contribution in [0.5, 0.6) is 0 Å². The van der Waals surface area contributed by atoms with Crippen LogP contribution in [0.2, 0.25) is 0 Å². The summed E-state index contributed by atoms with van der Waals surface area (Å²) >= 11 is 1.44. The van der Waals surface area contributed by atoms with Gasteiger partial charge in [0.05, 0.1) is 44.4 Å². The number of thioether (sulfide) groups is 1. The zero-order valence-corrected chi connectivity index (χ0v) is 52.6. The van der Waals surface area contributed by atoms with Gasteiger partial charge in [-0.1, -0.05) is 65.8 Å². The number of fused-ring (bicyclic) bond motifs is 3. The molecular weight excluding hydrogens is 1200 g/mol. The van der Waals surface area contributed by atoms with Crippen LogP contribution >= 0.6 is 11.8 Å². The Morgan fingerprint density at radius 1 is 0.500 bits per heavy atom. The molecule has 0 saturated heterocycles. The Morgan fingerprint density at radius 2 is 0.833 bits per heavy atom. The number of H-pyrrole nitrogens is 3. The maximum absolute atomic E-state index is 13.2. The van der Waals surface area contributed by atoms with Crippen molar-refractivity contribution in [3.05, 3.63) is 70.8 Å². The minimum Gasteiger partial charge on any atom is -0.361 e. The Labute approximate surface area is 493 Å². The molecule has 84 heavy (non-hydrogen) atoms. The summed E-state index contributed by atoms with van der Waals surface area (Å²) in [5, 5.41) is 12.5. The van der Waals surface area contributed by atoms with E-state index in [2.05, 4.69) is 59.5 Å².